The van der Waals surface area contributed by atoms with E-state index in [-0.39, 0.29) is 40.1 Å². The maximum Gasteiger partial charge on any atom is 0.281 e. The average molecular weight is 1050 g/mol. The van der Waals surface area contributed by atoms with Crippen molar-refractivity contribution >= 4 is 67.0 Å². The molecule has 0 atom stereocenters. The topological polar surface area (TPSA) is 59.2 Å². The Morgan fingerprint density at radius 1 is 0.543 bits per heavy atom. The quantitative estimate of drug-likeness (QED) is 0.0864. The number of fused-ring (bicyclic) bond motifs is 10. The third-order valence-electron chi connectivity index (χ3n) is 15.6. The van der Waals surface area contributed by atoms with Crippen molar-refractivity contribution in [2.45, 2.75) is 26.2 Å². The van der Waals surface area contributed by atoms with Gasteiger partial charge in [0.25, 0.3) is 13.0 Å². The third kappa shape index (κ3) is 7.46. The number of nitrogens with zero attached hydrogens (tertiary/aromatic N) is 5. The van der Waals surface area contributed by atoms with Gasteiger partial charge in [-0.05, 0) is 111 Å². The molecule has 10 aromatic carbocycles. The highest BCUT2D eigenvalue weighted by molar-refractivity contribution is 6.98. The Morgan fingerprint density at radius 3 is 1.94 bits per heavy atom. The van der Waals surface area contributed by atoms with Crippen molar-refractivity contribution in [3.63, 3.8) is 0 Å². The van der Waals surface area contributed by atoms with Crippen LogP contribution < -0.4 is 35.3 Å². The summed E-state index contributed by atoms with van der Waals surface area (Å²) in [6.45, 7) is 6.19. The van der Waals surface area contributed by atoms with Crippen LogP contribution in [0.5, 0.6) is 34.5 Å². The molecule has 16 rings (SSSR count). The van der Waals surface area contributed by atoms with Crippen molar-refractivity contribution in [3.05, 3.63) is 261 Å². The van der Waals surface area contributed by atoms with Gasteiger partial charge in [-0.1, -0.05) is 178 Å². The van der Waals surface area contributed by atoms with E-state index < -0.39 is 60.4 Å². The lowest BCUT2D eigenvalue weighted by Gasteiger charge is -2.32. The normalized spacial score (nSPS) is 14.3. The molecule has 8 nitrogen and oxygen atoms in total. The second kappa shape index (κ2) is 18.1. The maximum absolute atomic E-state index is 9.31. The highest BCUT2D eigenvalue weighted by Crippen LogP contribution is 2.43. The SMILES string of the molecule is [2H]c1c([2H])c([2H])c(-c2cccc(-c3c([2H])c([2H])c([2H])c([2H])c3[2H])c2-[n+]2[c-]n(-c3cc(Oc4ccc5c6ccccc6n(-c6cc(C(C)(C)C)ccn6)c5c4)cc(-n4c5c(c6ccccc64)Oc4cccc6c4B5c4ccccc4O6)c3)c3ccccc32)c([2H])c1[2H]. The van der Waals surface area contributed by atoms with Gasteiger partial charge in [-0.25, -0.2) is 4.98 Å². The van der Waals surface area contributed by atoms with Crippen LogP contribution in [0.4, 0.5) is 0 Å². The lowest BCUT2D eigenvalue weighted by atomic mass is 9.36. The Bertz CT molecular complexity index is 5350. The number of hydrogen-bond acceptors (Lipinski definition) is 4. The van der Waals surface area contributed by atoms with Gasteiger partial charge >= 0.3 is 0 Å². The molecule has 0 spiro atoms. The van der Waals surface area contributed by atoms with E-state index in [1.165, 1.54) is 0 Å². The van der Waals surface area contributed by atoms with E-state index in [2.05, 4.69) is 84.8 Å². The fourth-order valence-corrected chi connectivity index (χ4v) is 12.0. The number of benzene rings is 10. The van der Waals surface area contributed by atoms with Crippen LogP contribution in [-0.2, 0) is 5.41 Å². The molecule has 0 amide bonds. The van der Waals surface area contributed by atoms with Crippen molar-refractivity contribution in [2.24, 2.45) is 0 Å². The predicted octanol–water partition coefficient (Wildman–Crippen LogP) is 15.3. The summed E-state index contributed by atoms with van der Waals surface area (Å²) in [6.07, 6.45) is 5.47. The first-order chi connectivity index (χ1) is 43.9. The van der Waals surface area contributed by atoms with Crippen LogP contribution >= 0.6 is 0 Å². The van der Waals surface area contributed by atoms with Crippen LogP contribution in [0.25, 0.3) is 88.9 Å². The first-order valence-electron chi connectivity index (χ1n) is 31.7. The minimum atomic E-state index is -0.588. The summed E-state index contributed by atoms with van der Waals surface area (Å²) in [5.74, 6) is 4.48. The number of imidazole rings is 1. The first-order valence-corrected chi connectivity index (χ1v) is 26.7. The Kier molecular flexibility index (Phi) is 8.36. The molecule has 0 radical (unpaired) electrons. The molecule has 9 heteroatoms. The van der Waals surface area contributed by atoms with Crippen LogP contribution in [0, 0.1) is 6.33 Å². The summed E-state index contributed by atoms with van der Waals surface area (Å²) in [6, 6.07) is 53.3. The molecular weight excluding hydrogens is 994 g/mol. The van der Waals surface area contributed by atoms with Crippen molar-refractivity contribution < 1.29 is 32.5 Å². The van der Waals surface area contributed by atoms with E-state index in [9.17, 15) is 5.48 Å². The molecular formula is C72H50BN5O3. The van der Waals surface area contributed by atoms with E-state index in [1.807, 2.05) is 126 Å². The van der Waals surface area contributed by atoms with E-state index in [4.69, 9.17) is 27.4 Å². The van der Waals surface area contributed by atoms with Crippen LogP contribution in [-0.4, -0.2) is 25.4 Å². The fraction of sp³-hybridized carbons (Fsp3) is 0.0556. The Balaban J connectivity index is 0.976. The van der Waals surface area contributed by atoms with Crippen LogP contribution in [0.3, 0.4) is 0 Å². The minimum Gasteiger partial charge on any atom is -0.458 e. The molecule has 0 saturated heterocycles. The molecule has 0 N–H and O–H groups in total. The molecule has 4 aromatic heterocycles. The number of para-hydroxylation sites is 6. The summed E-state index contributed by atoms with van der Waals surface area (Å²) in [4.78, 5) is 4.95. The largest absolute Gasteiger partial charge is 0.458 e. The molecule has 384 valence electrons. The number of aromatic nitrogens is 5. The third-order valence-corrected chi connectivity index (χ3v) is 15.6. The van der Waals surface area contributed by atoms with E-state index in [0.29, 0.717) is 51.2 Å². The summed E-state index contributed by atoms with van der Waals surface area (Å²) in [5.41, 5.74) is 8.75. The van der Waals surface area contributed by atoms with Crippen molar-refractivity contribution in [2.75, 3.05) is 0 Å². The highest BCUT2D eigenvalue weighted by atomic mass is 16.5. The molecule has 14 aromatic rings. The van der Waals surface area contributed by atoms with Crippen molar-refractivity contribution in [1.82, 2.24) is 18.7 Å². The smallest absolute Gasteiger partial charge is 0.281 e. The van der Waals surface area contributed by atoms with Gasteiger partial charge in [0.1, 0.15) is 40.3 Å². The van der Waals surface area contributed by atoms with Gasteiger partial charge in [-0.3, -0.25) is 13.7 Å². The van der Waals surface area contributed by atoms with Crippen molar-refractivity contribution in [3.8, 4) is 79.6 Å². The van der Waals surface area contributed by atoms with Gasteiger partial charge in [0.2, 0.25) is 0 Å². The number of pyridine rings is 1. The zero-order valence-corrected chi connectivity index (χ0v) is 43.9. The lowest BCUT2D eigenvalue weighted by molar-refractivity contribution is -0.571. The zero-order chi connectivity index (χ0) is 62.6. The number of rotatable bonds is 8. The monoisotopic (exact) mass is 1050 g/mol. The van der Waals surface area contributed by atoms with Crippen LogP contribution in [0.2, 0.25) is 0 Å². The molecule has 2 aliphatic rings. The van der Waals surface area contributed by atoms with Crippen LogP contribution in [0.15, 0.2) is 249 Å². The Hall–Kier alpha value is -10.4. The number of ether oxygens (including phenoxy) is 3. The van der Waals surface area contributed by atoms with E-state index >= 15 is 0 Å². The van der Waals surface area contributed by atoms with Gasteiger partial charge in [-0.2, -0.15) is 0 Å². The molecule has 0 saturated carbocycles. The lowest BCUT2D eigenvalue weighted by Crippen LogP contribution is -2.59. The summed E-state index contributed by atoms with van der Waals surface area (Å²) in [5, 5.41) is 2.92. The molecule has 6 heterocycles. The molecule has 0 aliphatic carbocycles. The molecule has 2 aliphatic heterocycles. The summed E-state index contributed by atoms with van der Waals surface area (Å²) >= 11 is 0. The molecule has 0 fully saturated rings. The summed E-state index contributed by atoms with van der Waals surface area (Å²) in [7, 11) is 0. The first kappa shape index (κ1) is 37.4. The van der Waals surface area contributed by atoms with Gasteiger partial charge < -0.3 is 18.8 Å². The van der Waals surface area contributed by atoms with E-state index in [1.54, 1.807) is 22.8 Å². The zero-order valence-electron chi connectivity index (χ0n) is 53.9. The Labute approximate surface area is 482 Å². The van der Waals surface area contributed by atoms with Gasteiger partial charge in [0.15, 0.2) is 0 Å². The van der Waals surface area contributed by atoms with Gasteiger partial charge in [-0.15, -0.1) is 0 Å². The van der Waals surface area contributed by atoms with Gasteiger partial charge in [0.05, 0.1) is 52.7 Å². The second-order valence-electron chi connectivity index (χ2n) is 21.3. The van der Waals surface area contributed by atoms with Crippen molar-refractivity contribution in [1.29, 1.82) is 0 Å². The molecule has 0 unspecified atom stereocenters. The van der Waals surface area contributed by atoms with Crippen LogP contribution in [0.1, 0.15) is 40.0 Å². The van der Waals surface area contributed by atoms with Gasteiger partial charge in [0, 0.05) is 51.2 Å². The minimum absolute atomic E-state index is 0.123. The molecule has 0 bridgehead atoms. The van der Waals surface area contributed by atoms with E-state index in [0.717, 1.165) is 66.4 Å². The number of hydrogen-bond donors (Lipinski definition) is 0. The second-order valence-corrected chi connectivity index (χ2v) is 21.3. The molecule has 81 heavy (non-hydrogen) atoms. The fourth-order valence-electron chi connectivity index (χ4n) is 12.0. The standard InChI is InChI=1S/C72H50BN5O3/c1-72(2,3)48-38-39-74-67(40-48)78-59-29-13-10-24-55(59)56-37-36-51(44-63(56)78)79-52-42-49(75-45-76(62-32-16-15-31-61(62)75)69-53(46-20-6-4-7-21-46)26-18-27-54(69)47-22-8-5-9-23-47)41-50(43-52)77-60-30-14-11-25-57(60)70-71(77)73-58-28-12-17-33-64(58)80-65-34-19-35-66(81-70)68(65)73/h4-44H,1-3H3/i4D,5D,6D,7D,8D,9D,20D,21D,22D,23D. The highest BCUT2D eigenvalue weighted by Gasteiger charge is 2.44. The predicted molar refractivity (Wildman–Crippen MR) is 326 cm³/mol. The Morgan fingerprint density at radius 2 is 1.17 bits per heavy atom. The average Bonchev–Trinajstić information content (AvgIpc) is 1.64. The maximum atomic E-state index is 9.31. The summed E-state index contributed by atoms with van der Waals surface area (Å²) < 4.78 is 118.